The summed E-state index contributed by atoms with van der Waals surface area (Å²) in [6, 6.07) is 10.1. The van der Waals surface area contributed by atoms with Gasteiger partial charge in [0.1, 0.15) is 5.65 Å². The monoisotopic (exact) mass is 378 g/mol. The molecule has 28 heavy (non-hydrogen) atoms. The van der Waals surface area contributed by atoms with Gasteiger partial charge in [-0.15, -0.1) is 0 Å². The lowest BCUT2D eigenvalue weighted by atomic mass is 9.94. The van der Waals surface area contributed by atoms with Crippen molar-refractivity contribution in [3.05, 3.63) is 64.5 Å². The second-order valence-electron chi connectivity index (χ2n) is 7.00. The Morgan fingerprint density at radius 3 is 2.86 bits per heavy atom. The van der Waals surface area contributed by atoms with Crippen molar-refractivity contribution in [2.24, 2.45) is 0 Å². The average molecular weight is 378 g/mol. The van der Waals surface area contributed by atoms with Crippen molar-refractivity contribution in [1.82, 2.24) is 24.9 Å². The molecule has 1 aliphatic heterocycles. The highest BCUT2D eigenvalue weighted by atomic mass is 19.1. The predicted molar refractivity (Wildman–Crippen MR) is 106 cm³/mol. The molecule has 4 heterocycles. The standard InChI is InChI=1S/C20H19FN6O/c21-13-3-2-8-23-19(13)24-14-4-1-5-15-18(14)20-25-17(28)11-16(27(20)26-15)12-6-9-22-10-7-12/h1-5,8,11-12,22H,6-7,9-10H2,(H,23,24)(H,25,28). The molecule has 0 saturated carbocycles. The van der Waals surface area contributed by atoms with Gasteiger partial charge in [-0.3, -0.25) is 4.79 Å². The zero-order valence-electron chi connectivity index (χ0n) is 15.1. The molecule has 0 amide bonds. The third kappa shape index (κ3) is 2.82. The average Bonchev–Trinajstić information content (AvgIpc) is 3.09. The van der Waals surface area contributed by atoms with Crippen LogP contribution in [0.5, 0.6) is 0 Å². The lowest BCUT2D eigenvalue weighted by molar-refractivity contribution is 0.446. The lowest BCUT2D eigenvalue weighted by Crippen LogP contribution is -2.28. The summed E-state index contributed by atoms with van der Waals surface area (Å²) in [5.41, 5.74) is 2.71. The quantitative estimate of drug-likeness (QED) is 0.510. The Labute approximate surface area is 159 Å². The molecular weight excluding hydrogens is 359 g/mol. The van der Waals surface area contributed by atoms with Crippen LogP contribution in [0, 0.1) is 5.82 Å². The maximum Gasteiger partial charge on any atom is 0.251 e. The van der Waals surface area contributed by atoms with Gasteiger partial charge in [-0.2, -0.15) is 5.10 Å². The first-order chi connectivity index (χ1) is 13.7. The first kappa shape index (κ1) is 16.9. The minimum Gasteiger partial charge on any atom is -0.337 e. The number of hydrogen-bond donors (Lipinski definition) is 3. The summed E-state index contributed by atoms with van der Waals surface area (Å²) < 4.78 is 15.9. The lowest BCUT2D eigenvalue weighted by Gasteiger charge is -2.23. The van der Waals surface area contributed by atoms with E-state index in [0.29, 0.717) is 11.3 Å². The van der Waals surface area contributed by atoms with Gasteiger partial charge >= 0.3 is 0 Å². The van der Waals surface area contributed by atoms with E-state index in [0.717, 1.165) is 42.5 Å². The van der Waals surface area contributed by atoms with Crippen molar-refractivity contribution in [2.75, 3.05) is 18.4 Å². The Kier molecular flexibility index (Phi) is 4.05. The summed E-state index contributed by atoms with van der Waals surface area (Å²) in [6.45, 7) is 1.84. The van der Waals surface area contributed by atoms with E-state index in [1.807, 2.05) is 22.7 Å². The number of piperidine rings is 1. The number of halogens is 1. The summed E-state index contributed by atoms with van der Waals surface area (Å²) in [5.74, 6) is -0.0453. The Hall–Kier alpha value is -3.26. The van der Waals surface area contributed by atoms with Crippen LogP contribution in [0.4, 0.5) is 15.9 Å². The van der Waals surface area contributed by atoms with Gasteiger partial charge in [0.25, 0.3) is 5.56 Å². The number of nitrogens with zero attached hydrogens (tertiary/aromatic N) is 3. The molecule has 142 valence electrons. The summed E-state index contributed by atoms with van der Waals surface area (Å²) in [5, 5.41) is 11.9. The number of anilines is 2. The molecule has 0 aliphatic carbocycles. The van der Waals surface area contributed by atoms with Crippen molar-refractivity contribution >= 4 is 28.1 Å². The molecule has 7 nitrogen and oxygen atoms in total. The summed E-state index contributed by atoms with van der Waals surface area (Å²) in [6.07, 6.45) is 3.44. The molecule has 0 radical (unpaired) electrons. The van der Waals surface area contributed by atoms with Crippen molar-refractivity contribution in [1.29, 1.82) is 0 Å². The fourth-order valence-electron chi connectivity index (χ4n) is 3.90. The second kappa shape index (κ2) is 6.72. The van der Waals surface area contributed by atoms with Crippen LogP contribution >= 0.6 is 0 Å². The van der Waals surface area contributed by atoms with E-state index in [2.05, 4.69) is 20.6 Å². The zero-order valence-corrected chi connectivity index (χ0v) is 15.1. The molecule has 1 saturated heterocycles. The fourth-order valence-corrected chi connectivity index (χ4v) is 3.90. The SMILES string of the molecule is O=c1cc(C2CCNCC2)n2nc3cccc(Nc4ncccc4F)c3c2[nH]1. The molecule has 1 aliphatic rings. The second-order valence-corrected chi connectivity index (χ2v) is 7.00. The first-order valence-electron chi connectivity index (χ1n) is 9.33. The van der Waals surface area contributed by atoms with Crippen LogP contribution < -0.4 is 16.2 Å². The Morgan fingerprint density at radius 2 is 2.04 bits per heavy atom. The fraction of sp³-hybridized carbons (Fsp3) is 0.250. The van der Waals surface area contributed by atoms with E-state index < -0.39 is 5.82 Å². The van der Waals surface area contributed by atoms with Crippen LogP contribution in [-0.2, 0) is 0 Å². The van der Waals surface area contributed by atoms with E-state index in [9.17, 15) is 9.18 Å². The number of aromatic amines is 1. The molecule has 0 atom stereocenters. The highest BCUT2D eigenvalue weighted by Gasteiger charge is 2.21. The Morgan fingerprint density at radius 1 is 1.18 bits per heavy atom. The molecular formula is C20H19FN6O. The maximum atomic E-state index is 14.1. The predicted octanol–water partition coefficient (Wildman–Crippen LogP) is 2.92. The minimum absolute atomic E-state index is 0.131. The molecule has 1 fully saturated rings. The Bertz CT molecular complexity index is 1220. The minimum atomic E-state index is -0.445. The van der Waals surface area contributed by atoms with Crippen molar-refractivity contribution < 1.29 is 4.39 Å². The molecule has 4 aromatic rings. The van der Waals surface area contributed by atoms with Gasteiger partial charge in [-0.05, 0) is 50.2 Å². The topological polar surface area (TPSA) is 87.1 Å². The molecule has 0 bridgehead atoms. The van der Waals surface area contributed by atoms with Gasteiger partial charge in [0.15, 0.2) is 11.6 Å². The van der Waals surface area contributed by atoms with Crippen LogP contribution in [0.3, 0.4) is 0 Å². The molecule has 1 aromatic carbocycles. The molecule has 0 spiro atoms. The van der Waals surface area contributed by atoms with Gasteiger partial charge in [0, 0.05) is 18.2 Å². The first-order valence-corrected chi connectivity index (χ1v) is 9.33. The van der Waals surface area contributed by atoms with Crippen LogP contribution in [-0.4, -0.2) is 32.7 Å². The van der Waals surface area contributed by atoms with Crippen LogP contribution in [0.25, 0.3) is 16.6 Å². The smallest absolute Gasteiger partial charge is 0.251 e. The van der Waals surface area contributed by atoms with Crippen molar-refractivity contribution in [2.45, 2.75) is 18.8 Å². The Balaban J connectivity index is 1.71. The van der Waals surface area contributed by atoms with E-state index in [1.54, 1.807) is 12.1 Å². The highest BCUT2D eigenvalue weighted by Crippen LogP contribution is 2.31. The molecule has 0 unspecified atom stereocenters. The molecule has 5 rings (SSSR count). The van der Waals surface area contributed by atoms with Crippen LogP contribution in [0.2, 0.25) is 0 Å². The van der Waals surface area contributed by atoms with Gasteiger partial charge in [-0.25, -0.2) is 13.9 Å². The van der Waals surface area contributed by atoms with Crippen LogP contribution in [0.15, 0.2) is 47.4 Å². The molecule has 3 N–H and O–H groups in total. The van der Waals surface area contributed by atoms with E-state index in [4.69, 9.17) is 5.10 Å². The summed E-state index contributed by atoms with van der Waals surface area (Å²) in [4.78, 5) is 19.4. The van der Waals surface area contributed by atoms with E-state index >= 15 is 0 Å². The van der Waals surface area contributed by atoms with Crippen molar-refractivity contribution in [3.8, 4) is 0 Å². The van der Waals surface area contributed by atoms with Crippen LogP contribution in [0.1, 0.15) is 24.5 Å². The molecule has 3 aromatic heterocycles. The van der Waals surface area contributed by atoms with E-state index in [1.165, 1.54) is 12.3 Å². The summed E-state index contributed by atoms with van der Waals surface area (Å²) >= 11 is 0. The number of pyridine rings is 1. The summed E-state index contributed by atoms with van der Waals surface area (Å²) in [7, 11) is 0. The normalized spacial score (nSPS) is 15.3. The number of rotatable bonds is 3. The number of benzene rings is 1. The number of nitrogens with one attached hydrogen (secondary N) is 3. The van der Waals surface area contributed by atoms with Gasteiger partial charge in [-0.1, -0.05) is 6.07 Å². The third-order valence-electron chi connectivity index (χ3n) is 5.23. The van der Waals surface area contributed by atoms with Gasteiger partial charge in [0.2, 0.25) is 0 Å². The highest BCUT2D eigenvalue weighted by molar-refractivity contribution is 6.03. The van der Waals surface area contributed by atoms with E-state index in [-0.39, 0.29) is 17.3 Å². The third-order valence-corrected chi connectivity index (χ3v) is 5.23. The number of hydrogen-bond acceptors (Lipinski definition) is 5. The number of H-pyrrole nitrogens is 1. The maximum absolute atomic E-state index is 14.1. The zero-order chi connectivity index (χ0) is 19.1. The van der Waals surface area contributed by atoms with Gasteiger partial charge < -0.3 is 15.6 Å². The number of aromatic nitrogens is 4. The largest absolute Gasteiger partial charge is 0.337 e. The molecule has 8 heteroatoms. The van der Waals surface area contributed by atoms with Gasteiger partial charge in [0.05, 0.1) is 22.3 Å². The van der Waals surface area contributed by atoms with Crippen molar-refractivity contribution in [3.63, 3.8) is 0 Å². The number of fused-ring (bicyclic) bond motifs is 3.